The topological polar surface area (TPSA) is 56.8 Å². The van der Waals surface area contributed by atoms with Gasteiger partial charge in [0.05, 0.1) is 21.3 Å². The maximum atomic E-state index is 11.4. The summed E-state index contributed by atoms with van der Waals surface area (Å²) in [5, 5.41) is 3.13. The molecule has 0 aliphatic rings. The second-order valence-electron chi connectivity index (χ2n) is 4.14. The normalized spacial score (nSPS) is 11.8. The molecule has 0 heterocycles. The number of thioether (sulfide) groups is 1. The van der Waals surface area contributed by atoms with E-state index in [0.717, 1.165) is 10.5 Å². The van der Waals surface area contributed by atoms with E-state index in [1.54, 1.807) is 32.9 Å². The summed E-state index contributed by atoms with van der Waals surface area (Å²) in [5.41, 5.74) is 1.05. The Labute approximate surface area is 124 Å². The van der Waals surface area contributed by atoms with Crippen molar-refractivity contribution in [2.75, 3.05) is 27.6 Å². The first-order chi connectivity index (χ1) is 9.57. The minimum Gasteiger partial charge on any atom is -0.493 e. The van der Waals surface area contributed by atoms with Gasteiger partial charge in [-0.25, -0.2) is 0 Å². The number of nitrogens with one attached hydrogen (secondary N) is 1. The number of rotatable bonds is 7. The van der Waals surface area contributed by atoms with Gasteiger partial charge in [-0.15, -0.1) is 11.8 Å². The first-order valence-electron chi connectivity index (χ1n) is 6.17. The summed E-state index contributed by atoms with van der Waals surface area (Å²) >= 11 is 1.62. The number of carbonyl (C=O) groups excluding carboxylic acids is 1. The first-order valence-corrected chi connectivity index (χ1v) is 7.39. The van der Waals surface area contributed by atoms with E-state index in [0.29, 0.717) is 18.0 Å². The van der Waals surface area contributed by atoms with E-state index in [1.807, 2.05) is 18.4 Å². The zero-order chi connectivity index (χ0) is 15.1. The summed E-state index contributed by atoms with van der Waals surface area (Å²) < 4.78 is 15.3. The maximum absolute atomic E-state index is 11.4. The minimum atomic E-state index is -0.359. The maximum Gasteiger partial charge on any atom is 0.322 e. The van der Waals surface area contributed by atoms with Crippen molar-refractivity contribution >= 4 is 17.7 Å². The molecule has 0 saturated carbocycles. The van der Waals surface area contributed by atoms with Crippen LogP contribution in [0.3, 0.4) is 0 Å². The number of benzene rings is 1. The molecule has 0 saturated heterocycles. The number of methoxy groups -OCH3 is 3. The molecule has 1 aromatic carbocycles. The molecular formula is C14H21NO4S. The lowest BCUT2D eigenvalue weighted by Gasteiger charge is -2.16. The van der Waals surface area contributed by atoms with Gasteiger partial charge in [-0.3, -0.25) is 4.79 Å². The summed E-state index contributed by atoms with van der Waals surface area (Å²) in [5.74, 6) is 1.09. The van der Waals surface area contributed by atoms with Gasteiger partial charge < -0.3 is 19.5 Å². The van der Waals surface area contributed by atoms with Crippen LogP contribution in [0.4, 0.5) is 0 Å². The molecule has 20 heavy (non-hydrogen) atoms. The molecule has 0 aromatic heterocycles. The third-order valence-corrected chi connectivity index (χ3v) is 3.76. The first kappa shape index (κ1) is 16.7. The van der Waals surface area contributed by atoms with E-state index in [4.69, 9.17) is 9.47 Å². The van der Waals surface area contributed by atoms with Crippen molar-refractivity contribution in [2.45, 2.75) is 24.4 Å². The van der Waals surface area contributed by atoms with Crippen molar-refractivity contribution < 1.29 is 19.0 Å². The van der Waals surface area contributed by atoms with Crippen LogP contribution in [0.25, 0.3) is 0 Å². The molecule has 0 aliphatic carbocycles. The average molecular weight is 299 g/mol. The van der Waals surface area contributed by atoms with Gasteiger partial charge in [0.2, 0.25) is 0 Å². The van der Waals surface area contributed by atoms with Gasteiger partial charge >= 0.3 is 5.97 Å². The van der Waals surface area contributed by atoms with E-state index in [1.165, 1.54) is 7.11 Å². The van der Waals surface area contributed by atoms with Crippen LogP contribution in [0.2, 0.25) is 0 Å². The molecule has 1 aromatic rings. The second kappa shape index (κ2) is 8.01. The Morgan fingerprint density at radius 1 is 1.25 bits per heavy atom. The lowest BCUT2D eigenvalue weighted by atomic mass is 10.2. The van der Waals surface area contributed by atoms with E-state index >= 15 is 0 Å². The summed E-state index contributed by atoms with van der Waals surface area (Å²) in [6, 6.07) is 3.49. The van der Waals surface area contributed by atoms with Crippen LogP contribution in [0.5, 0.6) is 11.5 Å². The Morgan fingerprint density at radius 2 is 1.85 bits per heavy atom. The largest absolute Gasteiger partial charge is 0.493 e. The smallest absolute Gasteiger partial charge is 0.322 e. The molecule has 1 rings (SSSR count). The molecule has 6 heteroatoms. The molecule has 5 nitrogen and oxygen atoms in total. The monoisotopic (exact) mass is 299 g/mol. The Bertz CT molecular complexity index is 465. The highest BCUT2D eigenvalue weighted by atomic mass is 32.2. The van der Waals surface area contributed by atoms with Gasteiger partial charge in [-0.1, -0.05) is 0 Å². The summed E-state index contributed by atoms with van der Waals surface area (Å²) in [6.07, 6.45) is 1.99. The molecule has 0 spiro atoms. The Balaban J connectivity index is 2.90. The van der Waals surface area contributed by atoms with Crippen LogP contribution in [0, 0.1) is 0 Å². The van der Waals surface area contributed by atoms with Crippen LogP contribution in [-0.4, -0.2) is 39.6 Å². The highest BCUT2D eigenvalue weighted by Gasteiger charge is 2.15. The Kier molecular flexibility index (Phi) is 6.67. The van der Waals surface area contributed by atoms with Crippen molar-refractivity contribution in [1.82, 2.24) is 5.32 Å². The SMILES string of the molecule is COC(=O)C(C)NCc1cc(OC)c(OC)cc1SC. The van der Waals surface area contributed by atoms with Gasteiger partial charge in [-0.2, -0.15) is 0 Å². The van der Waals surface area contributed by atoms with Crippen molar-refractivity contribution in [3.63, 3.8) is 0 Å². The van der Waals surface area contributed by atoms with Gasteiger partial charge in [0.15, 0.2) is 11.5 Å². The van der Waals surface area contributed by atoms with Crippen LogP contribution >= 0.6 is 11.8 Å². The lowest BCUT2D eigenvalue weighted by molar-refractivity contribution is -0.142. The number of ether oxygens (including phenoxy) is 3. The standard InChI is InChI=1S/C14H21NO4S/c1-9(14(16)19-4)15-8-10-6-11(17-2)12(18-3)7-13(10)20-5/h6-7,9,15H,8H2,1-5H3. The molecule has 1 unspecified atom stereocenters. The highest BCUT2D eigenvalue weighted by molar-refractivity contribution is 7.98. The van der Waals surface area contributed by atoms with Crippen LogP contribution in [-0.2, 0) is 16.1 Å². The van der Waals surface area contributed by atoms with Crippen LogP contribution < -0.4 is 14.8 Å². The van der Waals surface area contributed by atoms with Crippen molar-refractivity contribution in [3.05, 3.63) is 17.7 Å². The molecule has 112 valence electrons. The summed E-state index contributed by atoms with van der Waals surface area (Å²) in [7, 11) is 4.59. The molecule has 0 fully saturated rings. The minimum absolute atomic E-state index is 0.281. The quantitative estimate of drug-likeness (QED) is 0.614. The molecule has 0 radical (unpaired) electrons. The predicted molar refractivity (Wildman–Crippen MR) is 79.6 cm³/mol. The number of hydrogen-bond acceptors (Lipinski definition) is 6. The van der Waals surface area contributed by atoms with E-state index in [-0.39, 0.29) is 12.0 Å². The fourth-order valence-corrected chi connectivity index (χ4v) is 2.37. The van der Waals surface area contributed by atoms with E-state index in [9.17, 15) is 4.79 Å². The predicted octanol–water partition coefficient (Wildman–Crippen LogP) is 2.08. The molecule has 0 aliphatic heterocycles. The molecule has 1 atom stereocenters. The fraction of sp³-hybridized carbons (Fsp3) is 0.500. The van der Waals surface area contributed by atoms with Gasteiger partial charge in [-0.05, 0) is 30.9 Å². The molecular weight excluding hydrogens is 278 g/mol. The third-order valence-electron chi connectivity index (χ3n) is 2.94. The van der Waals surface area contributed by atoms with Gasteiger partial charge in [0, 0.05) is 11.4 Å². The number of carbonyl (C=O) groups is 1. The van der Waals surface area contributed by atoms with Gasteiger partial charge in [0.25, 0.3) is 0 Å². The highest BCUT2D eigenvalue weighted by Crippen LogP contribution is 2.34. The van der Waals surface area contributed by atoms with E-state index < -0.39 is 0 Å². The van der Waals surface area contributed by atoms with E-state index in [2.05, 4.69) is 10.1 Å². The summed E-state index contributed by atoms with van der Waals surface area (Å²) in [6.45, 7) is 2.32. The van der Waals surface area contributed by atoms with Gasteiger partial charge in [0.1, 0.15) is 6.04 Å². The lowest BCUT2D eigenvalue weighted by Crippen LogP contribution is -2.34. The summed E-state index contributed by atoms with van der Waals surface area (Å²) in [4.78, 5) is 12.5. The zero-order valence-electron chi connectivity index (χ0n) is 12.5. The van der Waals surface area contributed by atoms with Crippen molar-refractivity contribution in [3.8, 4) is 11.5 Å². The van der Waals surface area contributed by atoms with Crippen LogP contribution in [0.1, 0.15) is 12.5 Å². The fourth-order valence-electron chi connectivity index (χ4n) is 1.75. The number of hydrogen-bond donors (Lipinski definition) is 1. The molecule has 1 N–H and O–H groups in total. The zero-order valence-corrected chi connectivity index (χ0v) is 13.3. The molecule has 0 bridgehead atoms. The third kappa shape index (κ3) is 4.05. The average Bonchev–Trinajstić information content (AvgIpc) is 2.50. The van der Waals surface area contributed by atoms with Crippen LogP contribution in [0.15, 0.2) is 17.0 Å². The Hall–Kier alpha value is -1.40. The second-order valence-corrected chi connectivity index (χ2v) is 4.99. The number of esters is 1. The molecule has 0 amide bonds. The Morgan fingerprint density at radius 3 is 2.35 bits per heavy atom. The van der Waals surface area contributed by atoms with Crippen molar-refractivity contribution in [1.29, 1.82) is 0 Å². The van der Waals surface area contributed by atoms with Crippen molar-refractivity contribution in [2.24, 2.45) is 0 Å².